The van der Waals surface area contributed by atoms with Crippen LogP contribution in [0.5, 0.6) is 5.75 Å². The van der Waals surface area contributed by atoms with E-state index in [0.29, 0.717) is 30.3 Å². The number of hydrogen-bond acceptors (Lipinski definition) is 3. The molecule has 5 nitrogen and oxygen atoms in total. The van der Waals surface area contributed by atoms with E-state index in [1.165, 1.54) is 0 Å². The minimum Gasteiger partial charge on any atom is -0.489 e. The van der Waals surface area contributed by atoms with E-state index in [1.54, 1.807) is 23.0 Å². The van der Waals surface area contributed by atoms with E-state index in [0.717, 1.165) is 33.2 Å². The lowest BCUT2D eigenvalue weighted by atomic mass is 10.1. The predicted molar refractivity (Wildman–Crippen MR) is 116 cm³/mol. The molecule has 0 bridgehead atoms. The lowest BCUT2D eigenvalue weighted by Gasteiger charge is -2.11. The quantitative estimate of drug-likeness (QED) is 0.549. The molecule has 0 aliphatic rings. The highest BCUT2D eigenvalue weighted by atomic mass is 35.5. The van der Waals surface area contributed by atoms with E-state index in [2.05, 4.69) is 10.4 Å². The Labute approximate surface area is 180 Å². The van der Waals surface area contributed by atoms with Gasteiger partial charge < -0.3 is 10.1 Å². The summed E-state index contributed by atoms with van der Waals surface area (Å²) in [6.07, 6.45) is 1.59. The first-order chi connectivity index (χ1) is 13.9. The van der Waals surface area contributed by atoms with Crippen LogP contribution in [0, 0.1) is 13.8 Å². The third-order valence-electron chi connectivity index (χ3n) is 4.65. The summed E-state index contributed by atoms with van der Waals surface area (Å²) in [5, 5.41) is 8.36. The number of amides is 1. The highest BCUT2D eigenvalue weighted by Gasteiger charge is 2.11. The van der Waals surface area contributed by atoms with Gasteiger partial charge in [0.05, 0.1) is 23.5 Å². The first-order valence-electron chi connectivity index (χ1n) is 9.36. The highest BCUT2D eigenvalue weighted by molar-refractivity contribution is 6.32. The first kappa shape index (κ1) is 21.2. The maximum absolute atomic E-state index is 12.4. The standard InChI is InChI=1S/C22H23Cl2N3O2/c1-4-27-20(19(23)11-26-27)12-25-22(28)17-7-5-16(6-8-17)13-29-18-9-14(2)21(24)15(3)10-18/h5-11H,4,12-13H2,1-3H3,(H,25,28). The number of halogens is 2. The Morgan fingerprint density at radius 1 is 1.14 bits per heavy atom. The second-order valence-corrected chi connectivity index (χ2v) is 7.58. The fourth-order valence-corrected chi connectivity index (χ4v) is 3.33. The zero-order valence-electron chi connectivity index (χ0n) is 16.6. The summed E-state index contributed by atoms with van der Waals surface area (Å²) in [5.41, 5.74) is 4.31. The van der Waals surface area contributed by atoms with E-state index in [9.17, 15) is 4.79 Å². The Hall–Kier alpha value is -2.50. The molecule has 1 amide bonds. The van der Waals surface area contributed by atoms with Crippen molar-refractivity contribution in [2.24, 2.45) is 0 Å². The predicted octanol–water partition coefficient (Wildman–Crippen LogP) is 5.34. The molecule has 1 heterocycles. The lowest BCUT2D eigenvalue weighted by molar-refractivity contribution is 0.0950. The van der Waals surface area contributed by atoms with Crippen LogP contribution in [0.25, 0.3) is 0 Å². The molecule has 0 saturated heterocycles. The number of rotatable bonds is 7. The van der Waals surface area contributed by atoms with Crippen LogP contribution in [-0.2, 0) is 19.7 Å². The summed E-state index contributed by atoms with van der Waals surface area (Å²) >= 11 is 12.3. The molecule has 0 fully saturated rings. The van der Waals surface area contributed by atoms with E-state index in [4.69, 9.17) is 27.9 Å². The average molecular weight is 432 g/mol. The number of hydrogen-bond donors (Lipinski definition) is 1. The molecule has 1 aromatic heterocycles. The second-order valence-electron chi connectivity index (χ2n) is 6.79. The van der Waals surface area contributed by atoms with E-state index >= 15 is 0 Å². The zero-order valence-corrected chi connectivity index (χ0v) is 18.1. The van der Waals surface area contributed by atoms with Gasteiger partial charge in [-0.1, -0.05) is 35.3 Å². The van der Waals surface area contributed by atoms with Crippen molar-refractivity contribution in [2.75, 3.05) is 0 Å². The largest absolute Gasteiger partial charge is 0.489 e. The number of aryl methyl sites for hydroxylation is 3. The Kier molecular flexibility index (Phi) is 6.83. The molecule has 0 spiro atoms. The first-order valence-corrected chi connectivity index (χ1v) is 10.1. The number of carbonyl (C=O) groups excluding carboxylic acids is 1. The topological polar surface area (TPSA) is 56.2 Å². The zero-order chi connectivity index (χ0) is 21.0. The average Bonchev–Trinajstić information content (AvgIpc) is 3.08. The number of nitrogens with one attached hydrogen (secondary N) is 1. The van der Waals surface area contributed by atoms with Gasteiger partial charge >= 0.3 is 0 Å². The summed E-state index contributed by atoms with van der Waals surface area (Å²) in [7, 11) is 0. The normalized spacial score (nSPS) is 10.8. The van der Waals surface area contributed by atoms with Gasteiger partial charge in [0.15, 0.2) is 0 Å². The Morgan fingerprint density at radius 3 is 2.41 bits per heavy atom. The van der Waals surface area contributed by atoms with Gasteiger partial charge in [-0.05, 0) is 61.7 Å². The van der Waals surface area contributed by atoms with E-state index in [-0.39, 0.29) is 5.91 Å². The Morgan fingerprint density at radius 2 is 1.79 bits per heavy atom. The molecule has 0 aliphatic heterocycles. The van der Waals surface area contributed by atoms with Crippen LogP contribution in [0.2, 0.25) is 10.0 Å². The number of aromatic nitrogens is 2. The Balaban J connectivity index is 1.58. The van der Waals surface area contributed by atoms with Crippen molar-refractivity contribution < 1.29 is 9.53 Å². The van der Waals surface area contributed by atoms with Crippen molar-refractivity contribution in [3.8, 4) is 5.75 Å². The minimum absolute atomic E-state index is 0.165. The molecule has 2 aromatic carbocycles. The van der Waals surface area contributed by atoms with Crippen LogP contribution in [0.15, 0.2) is 42.6 Å². The fourth-order valence-electron chi connectivity index (χ4n) is 3.01. The molecule has 3 rings (SSSR count). The van der Waals surface area contributed by atoms with Crippen LogP contribution in [0.3, 0.4) is 0 Å². The van der Waals surface area contributed by atoms with Crippen molar-refractivity contribution in [3.05, 3.63) is 80.6 Å². The van der Waals surface area contributed by atoms with Crippen molar-refractivity contribution >= 4 is 29.1 Å². The third-order valence-corrected chi connectivity index (χ3v) is 5.56. The third kappa shape index (κ3) is 5.11. The van der Waals surface area contributed by atoms with Gasteiger partial charge in [-0.15, -0.1) is 0 Å². The summed E-state index contributed by atoms with van der Waals surface area (Å²) < 4.78 is 7.63. The van der Waals surface area contributed by atoms with Crippen molar-refractivity contribution in [2.45, 2.75) is 40.5 Å². The molecule has 0 saturated carbocycles. The second kappa shape index (κ2) is 9.33. The molecule has 0 unspecified atom stereocenters. The maximum Gasteiger partial charge on any atom is 0.251 e. The van der Waals surface area contributed by atoms with Crippen molar-refractivity contribution in [1.82, 2.24) is 15.1 Å². The van der Waals surface area contributed by atoms with Gasteiger partial charge in [0.1, 0.15) is 12.4 Å². The van der Waals surface area contributed by atoms with Gasteiger partial charge in [-0.25, -0.2) is 0 Å². The van der Waals surface area contributed by atoms with Crippen LogP contribution in [-0.4, -0.2) is 15.7 Å². The van der Waals surface area contributed by atoms with Crippen LogP contribution >= 0.6 is 23.2 Å². The monoisotopic (exact) mass is 431 g/mol. The summed E-state index contributed by atoms with van der Waals surface area (Å²) in [6.45, 7) is 7.31. The summed E-state index contributed by atoms with van der Waals surface area (Å²) in [6, 6.07) is 11.2. The van der Waals surface area contributed by atoms with Crippen molar-refractivity contribution in [1.29, 1.82) is 0 Å². The van der Waals surface area contributed by atoms with Gasteiger partial charge in [-0.2, -0.15) is 5.10 Å². The smallest absolute Gasteiger partial charge is 0.251 e. The molecule has 0 radical (unpaired) electrons. The Bertz CT molecular complexity index is 990. The van der Waals surface area contributed by atoms with Crippen molar-refractivity contribution in [3.63, 3.8) is 0 Å². The van der Waals surface area contributed by atoms with Crippen LogP contribution in [0.1, 0.15) is 39.7 Å². The van der Waals surface area contributed by atoms with Gasteiger partial charge in [0, 0.05) is 17.1 Å². The molecular weight excluding hydrogens is 409 g/mol. The van der Waals surface area contributed by atoms with Gasteiger partial charge in [0.25, 0.3) is 5.91 Å². The molecule has 1 N–H and O–H groups in total. The number of benzene rings is 2. The highest BCUT2D eigenvalue weighted by Crippen LogP contribution is 2.26. The molecule has 7 heteroatoms. The number of carbonyl (C=O) groups is 1. The fraction of sp³-hybridized carbons (Fsp3) is 0.273. The van der Waals surface area contributed by atoms with Crippen LogP contribution < -0.4 is 10.1 Å². The van der Waals surface area contributed by atoms with Gasteiger partial charge in [0.2, 0.25) is 0 Å². The SMILES string of the molecule is CCn1ncc(Cl)c1CNC(=O)c1ccc(COc2cc(C)c(Cl)c(C)c2)cc1. The van der Waals surface area contributed by atoms with E-state index in [1.807, 2.05) is 45.0 Å². The van der Waals surface area contributed by atoms with E-state index < -0.39 is 0 Å². The lowest BCUT2D eigenvalue weighted by Crippen LogP contribution is -2.24. The molecule has 0 aliphatic carbocycles. The van der Waals surface area contributed by atoms with Crippen LogP contribution in [0.4, 0.5) is 0 Å². The molecule has 29 heavy (non-hydrogen) atoms. The van der Waals surface area contributed by atoms with Gasteiger partial charge in [-0.3, -0.25) is 9.48 Å². The molecule has 0 atom stereocenters. The number of ether oxygens (including phenoxy) is 1. The minimum atomic E-state index is -0.165. The molecule has 3 aromatic rings. The summed E-state index contributed by atoms with van der Waals surface area (Å²) in [4.78, 5) is 12.4. The molecule has 152 valence electrons. The number of nitrogens with zero attached hydrogens (tertiary/aromatic N) is 2. The summed E-state index contributed by atoms with van der Waals surface area (Å²) in [5.74, 6) is 0.608. The molecular formula is C22H23Cl2N3O2. The maximum atomic E-state index is 12.4.